The summed E-state index contributed by atoms with van der Waals surface area (Å²) in [6, 6.07) is 9.00. The fourth-order valence-electron chi connectivity index (χ4n) is 1.98. The molecule has 122 valence electrons. The van der Waals surface area contributed by atoms with E-state index in [4.69, 9.17) is 16.3 Å². The predicted molar refractivity (Wildman–Crippen MR) is 91.0 cm³/mol. The Bertz CT molecular complexity index is 848. The smallest absolute Gasteiger partial charge is 0.332 e. The van der Waals surface area contributed by atoms with Gasteiger partial charge in [0.2, 0.25) is 5.88 Å². The van der Waals surface area contributed by atoms with Gasteiger partial charge in [0.1, 0.15) is 0 Å². The van der Waals surface area contributed by atoms with Gasteiger partial charge < -0.3 is 4.74 Å². The number of benzene rings is 1. The van der Waals surface area contributed by atoms with E-state index in [9.17, 15) is 4.79 Å². The van der Waals surface area contributed by atoms with Gasteiger partial charge in [0, 0.05) is 25.2 Å². The Balaban J connectivity index is 2.48. The number of halogens is 1. The summed E-state index contributed by atoms with van der Waals surface area (Å²) in [5.41, 5.74) is 1.83. The van der Waals surface area contributed by atoms with E-state index in [-0.39, 0.29) is 5.69 Å². The maximum atomic E-state index is 12.2. The van der Waals surface area contributed by atoms with E-state index in [0.29, 0.717) is 23.0 Å². The van der Waals surface area contributed by atoms with Crippen molar-refractivity contribution >= 4 is 17.3 Å². The third kappa shape index (κ3) is 3.90. The van der Waals surface area contributed by atoms with Gasteiger partial charge in [-0.2, -0.15) is 5.10 Å². The van der Waals surface area contributed by atoms with Gasteiger partial charge in [0.05, 0.1) is 12.3 Å². The molecule has 0 aliphatic heterocycles. The van der Waals surface area contributed by atoms with Crippen LogP contribution >= 0.6 is 11.6 Å². The van der Waals surface area contributed by atoms with Crippen molar-refractivity contribution in [3.8, 4) is 5.88 Å². The normalized spacial score (nSPS) is 12.6. The molecular weight excluding hydrogens is 316 g/mol. The van der Waals surface area contributed by atoms with Gasteiger partial charge in [0.25, 0.3) is 0 Å². The van der Waals surface area contributed by atoms with Crippen molar-refractivity contribution in [3.63, 3.8) is 0 Å². The Morgan fingerprint density at radius 3 is 2.48 bits per heavy atom. The molecule has 0 aliphatic carbocycles. The third-order valence-electron chi connectivity index (χ3n) is 3.36. The monoisotopic (exact) mass is 334 g/mol. The molecule has 2 aromatic rings. The van der Waals surface area contributed by atoms with Crippen LogP contribution in [0.4, 0.5) is 0 Å². The summed E-state index contributed by atoms with van der Waals surface area (Å²) in [5.74, 6) is 0.452. The van der Waals surface area contributed by atoms with E-state index in [1.807, 2.05) is 26.0 Å². The van der Waals surface area contributed by atoms with Crippen LogP contribution in [0, 0.1) is 0 Å². The van der Waals surface area contributed by atoms with E-state index < -0.39 is 0 Å². The molecule has 1 aromatic carbocycles. The highest BCUT2D eigenvalue weighted by Crippen LogP contribution is 2.10. The van der Waals surface area contributed by atoms with Gasteiger partial charge >= 0.3 is 5.69 Å². The highest BCUT2D eigenvalue weighted by molar-refractivity contribution is 6.30. The summed E-state index contributed by atoms with van der Waals surface area (Å²) in [6.07, 6.45) is 0. The van der Waals surface area contributed by atoms with Gasteiger partial charge in [-0.05, 0) is 31.5 Å². The van der Waals surface area contributed by atoms with Crippen LogP contribution in [0.25, 0.3) is 0 Å². The van der Waals surface area contributed by atoms with Gasteiger partial charge in [-0.15, -0.1) is 5.10 Å². The number of ether oxygens (including phenoxy) is 1. The van der Waals surface area contributed by atoms with E-state index in [0.717, 1.165) is 11.3 Å². The Hall–Kier alpha value is -2.34. The molecule has 0 N–H and O–H groups in total. The van der Waals surface area contributed by atoms with E-state index >= 15 is 0 Å². The molecule has 0 radical (unpaired) electrons. The minimum atomic E-state index is -0.228. The maximum absolute atomic E-state index is 12.2. The maximum Gasteiger partial charge on any atom is 0.332 e. The zero-order valence-corrected chi connectivity index (χ0v) is 14.3. The summed E-state index contributed by atoms with van der Waals surface area (Å²) in [4.78, 5) is 12.2. The molecule has 0 spiro atoms. The second kappa shape index (κ2) is 7.28. The first-order valence-electron chi connectivity index (χ1n) is 7.18. The molecule has 1 aromatic heterocycles. The van der Waals surface area contributed by atoms with E-state index in [2.05, 4.69) is 10.2 Å². The van der Waals surface area contributed by atoms with E-state index in [1.165, 1.54) is 9.13 Å². The first-order valence-corrected chi connectivity index (χ1v) is 7.56. The summed E-state index contributed by atoms with van der Waals surface area (Å²) in [7, 11) is 3.30. The van der Waals surface area contributed by atoms with Crippen LogP contribution < -0.4 is 15.9 Å². The lowest BCUT2D eigenvalue weighted by molar-refractivity contribution is 0.305. The minimum Gasteiger partial charge on any atom is -0.479 e. The van der Waals surface area contributed by atoms with Crippen molar-refractivity contribution in [2.75, 3.05) is 6.61 Å². The molecule has 6 nitrogen and oxygen atoms in total. The lowest BCUT2D eigenvalue weighted by Crippen LogP contribution is -2.37. The summed E-state index contributed by atoms with van der Waals surface area (Å²) < 4.78 is 8.29. The molecular formula is C16H19ClN4O2. The molecule has 0 aliphatic rings. The standard InChI is InChI=1S/C16H19ClN4O2/c1-5-23-15-10-14(20(3)16(22)21(15)4)19-18-11(2)12-6-8-13(17)9-7-12/h6-10H,5H2,1-4H3/b18-11+,19-14-. The molecule has 2 rings (SSSR count). The zero-order valence-electron chi connectivity index (χ0n) is 13.6. The highest BCUT2D eigenvalue weighted by atomic mass is 35.5. The Labute approximate surface area is 139 Å². The molecule has 7 heteroatoms. The molecule has 1 heterocycles. The van der Waals surface area contributed by atoms with Gasteiger partial charge in [-0.1, -0.05) is 23.7 Å². The predicted octanol–water partition coefficient (Wildman–Crippen LogP) is 2.10. The molecule has 0 fully saturated rings. The summed E-state index contributed by atoms with van der Waals surface area (Å²) >= 11 is 5.87. The fraction of sp³-hybridized carbons (Fsp3) is 0.312. The van der Waals surface area contributed by atoms with Crippen LogP contribution in [-0.2, 0) is 14.1 Å². The molecule has 0 saturated heterocycles. The van der Waals surface area contributed by atoms with Crippen molar-refractivity contribution in [2.45, 2.75) is 13.8 Å². The fourth-order valence-corrected chi connectivity index (χ4v) is 2.10. The molecule has 0 amide bonds. The summed E-state index contributed by atoms with van der Waals surface area (Å²) in [5, 5.41) is 9.04. The molecule has 0 atom stereocenters. The lowest BCUT2D eigenvalue weighted by Gasteiger charge is -2.10. The van der Waals surface area contributed by atoms with Crippen LogP contribution in [-0.4, -0.2) is 21.5 Å². The Kier molecular flexibility index (Phi) is 5.39. The molecule has 0 bridgehead atoms. The second-order valence-electron chi connectivity index (χ2n) is 4.97. The van der Waals surface area contributed by atoms with Crippen LogP contribution in [0.3, 0.4) is 0 Å². The van der Waals surface area contributed by atoms with Gasteiger partial charge in [-0.3, -0.25) is 9.13 Å². The highest BCUT2D eigenvalue weighted by Gasteiger charge is 2.05. The number of aromatic nitrogens is 2. The van der Waals surface area contributed by atoms with Crippen molar-refractivity contribution < 1.29 is 4.74 Å². The van der Waals surface area contributed by atoms with Crippen LogP contribution in [0.5, 0.6) is 5.88 Å². The SMILES string of the molecule is CCOc1c/c(=N/N=C(\C)c2ccc(Cl)cc2)n(C)c(=O)n1C. The largest absolute Gasteiger partial charge is 0.479 e. The second-order valence-corrected chi connectivity index (χ2v) is 5.40. The van der Waals surface area contributed by atoms with Crippen molar-refractivity contribution in [3.05, 3.63) is 56.9 Å². The number of rotatable bonds is 4. The van der Waals surface area contributed by atoms with Crippen molar-refractivity contribution in [1.29, 1.82) is 0 Å². The first kappa shape index (κ1) is 17.0. The van der Waals surface area contributed by atoms with Gasteiger partial charge in [-0.25, -0.2) is 4.79 Å². The summed E-state index contributed by atoms with van der Waals surface area (Å²) in [6.45, 7) is 4.17. The first-order chi connectivity index (χ1) is 10.9. The van der Waals surface area contributed by atoms with Crippen molar-refractivity contribution in [1.82, 2.24) is 9.13 Å². The Morgan fingerprint density at radius 2 is 1.87 bits per heavy atom. The topological polar surface area (TPSA) is 60.9 Å². The van der Waals surface area contributed by atoms with Crippen molar-refractivity contribution in [2.24, 2.45) is 24.3 Å². The van der Waals surface area contributed by atoms with Crippen LogP contribution in [0.1, 0.15) is 19.4 Å². The third-order valence-corrected chi connectivity index (χ3v) is 3.61. The number of hydrogen-bond acceptors (Lipinski definition) is 4. The lowest BCUT2D eigenvalue weighted by atomic mass is 10.1. The number of nitrogens with zero attached hydrogens (tertiary/aromatic N) is 4. The molecule has 23 heavy (non-hydrogen) atoms. The zero-order chi connectivity index (χ0) is 17.0. The molecule has 0 unspecified atom stereocenters. The quantitative estimate of drug-likeness (QED) is 0.635. The Morgan fingerprint density at radius 1 is 1.22 bits per heavy atom. The minimum absolute atomic E-state index is 0.228. The van der Waals surface area contributed by atoms with Crippen LogP contribution in [0.15, 0.2) is 45.3 Å². The average Bonchev–Trinajstić information content (AvgIpc) is 2.54. The average molecular weight is 335 g/mol. The van der Waals surface area contributed by atoms with Crippen LogP contribution in [0.2, 0.25) is 5.02 Å². The number of hydrogen-bond donors (Lipinski definition) is 0. The van der Waals surface area contributed by atoms with Gasteiger partial charge in [0.15, 0.2) is 5.49 Å². The molecule has 0 saturated carbocycles. The van der Waals surface area contributed by atoms with E-state index in [1.54, 1.807) is 32.3 Å².